The van der Waals surface area contributed by atoms with Gasteiger partial charge in [0.25, 0.3) is 0 Å². The lowest BCUT2D eigenvalue weighted by atomic mass is 10.1. The minimum Gasteiger partial charge on any atom is -0.492 e. The van der Waals surface area contributed by atoms with Gasteiger partial charge in [-0.05, 0) is 37.0 Å². The smallest absolute Gasteiger partial charge is 0.341 e. The normalized spacial score (nSPS) is 18.8. The van der Waals surface area contributed by atoms with Crippen molar-refractivity contribution in [3.8, 4) is 5.75 Å². The third-order valence-corrected chi connectivity index (χ3v) is 7.60. The van der Waals surface area contributed by atoms with Crippen molar-refractivity contribution in [2.75, 3.05) is 44.7 Å². The summed E-state index contributed by atoms with van der Waals surface area (Å²) in [5.74, 6) is 6.11. The van der Waals surface area contributed by atoms with Crippen molar-refractivity contribution < 1.29 is 23.4 Å². The second-order valence-electron chi connectivity index (χ2n) is 10.1. The lowest BCUT2D eigenvalue weighted by Gasteiger charge is -2.36. The van der Waals surface area contributed by atoms with E-state index in [2.05, 4.69) is 11.0 Å². The van der Waals surface area contributed by atoms with E-state index >= 15 is 4.39 Å². The molecule has 1 saturated heterocycles. The monoisotopic (exact) mass is 511 g/mol. The molecule has 3 N–H and O–H groups in total. The van der Waals surface area contributed by atoms with Crippen LogP contribution in [0, 0.1) is 5.82 Å². The quantitative estimate of drug-likeness (QED) is 0.481. The summed E-state index contributed by atoms with van der Waals surface area (Å²) in [6.07, 6.45) is 3.99. The number of carboxylic acids is 1. The molecule has 0 atom stereocenters. The molecule has 0 amide bonds. The number of aromatic carboxylic acids is 1. The van der Waals surface area contributed by atoms with Gasteiger partial charge in [-0.1, -0.05) is 0 Å². The number of methoxy groups -OCH3 is 1. The minimum atomic E-state index is -1.32. The molecule has 10 nitrogen and oxygen atoms in total. The molecular formula is C26H30FN5O5. The fourth-order valence-electron chi connectivity index (χ4n) is 5.55. The number of carboxylic acid groups (broad SMARTS) is 1. The molecule has 37 heavy (non-hydrogen) atoms. The van der Waals surface area contributed by atoms with Crippen molar-refractivity contribution in [1.29, 1.82) is 0 Å². The summed E-state index contributed by atoms with van der Waals surface area (Å²) < 4.78 is 29.1. The summed E-state index contributed by atoms with van der Waals surface area (Å²) in [6, 6.07) is 3.35. The van der Waals surface area contributed by atoms with Gasteiger partial charge in [0.1, 0.15) is 22.8 Å². The molecule has 1 aromatic carbocycles. The number of ether oxygens (including phenoxy) is 1. The van der Waals surface area contributed by atoms with E-state index in [9.17, 15) is 14.7 Å². The molecule has 2 aromatic heterocycles. The predicted molar refractivity (Wildman–Crippen MR) is 134 cm³/mol. The first-order valence-electron chi connectivity index (χ1n) is 12.6. The van der Waals surface area contributed by atoms with Gasteiger partial charge < -0.3 is 23.7 Å². The predicted octanol–water partition coefficient (Wildman–Crippen LogP) is 2.33. The number of furan rings is 1. The number of carbonyl (C=O) groups is 1. The second-order valence-corrected chi connectivity index (χ2v) is 10.1. The Labute approximate surface area is 212 Å². The van der Waals surface area contributed by atoms with Crippen LogP contribution >= 0.6 is 0 Å². The number of benzene rings is 1. The number of anilines is 1. The van der Waals surface area contributed by atoms with Gasteiger partial charge in [0.05, 0.1) is 31.1 Å². The highest BCUT2D eigenvalue weighted by Crippen LogP contribution is 2.43. The molecular weight excluding hydrogens is 481 g/mol. The van der Waals surface area contributed by atoms with E-state index in [1.54, 1.807) is 9.58 Å². The van der Waals surface area contributed by atoms with Crippen LogP contribution in [-0.4, -0.2) is 65.4 Å². The maximum atomic E-state index is 15.6. The van der Waals surface area contributed by atoms with Crippen molar-refractivity contribution >= 4 is 22.6 Å². The Bertz CT molecular complexity index is 1440. The summed E-state index contributed by atoms with van der Waals surface area (Å²) in [5, 5.41) is 11.3. The second kappa shape index (κ2) is 9.16. The van der Waals surface area contributed by atoms with Crippen LogP contribution in [0.25, 0.3) is 10.9 Å². The molecule has 1 aliphatic carbocycles. The van der Waals surface area contributed by atoms with Gasteiger partial charge in [-0.3, -0.25) is 15.5 Å². The van der Waals surface area contributed by atoms with Crippen LogP contribution in [-0.2, 0) is 19.5 Å². The average Bonchev–Trinajstić information content (AvgIpc) is 3.64. The molecule has 3 aliphatic rings. The van der Waals surface area contributed by atoms with E-state index in [-0.39, 0.29) is 22.7 Å². The highest BCUT2D eigenvalue weighted by molar-refractivity contribution is 5.97. The maximum Gasteiger partial charge on any atom is 0.341 e. The lowest BCUT2D eigenvalue weighted by Crippen LogP contribution is -2.46. The molecule has 0 unspecified atom stereocenters. The van der Waals surface area contributed by atoms with Crippen molar-refractivity contribution in [2.24, 2.45) is 5.84 Å². The number of piperazine rings is 1. The highest BCUT2D eigenvalue weighted by atomic mass is 19.1. The van der Waals surface area contributed by atoms with Crippen LogP contribution in [0.15, 0.2) is 27.5 Å². The summed E-state index contributed by atoms with van der Waals surface area (Å²) >= 11 is 0. The molecule has 4 heterocycles. The van der Waals surface area contributed by atoms with Crippen LogP contribution < -0.4 is 20.9 Å². The van der Waals surface area contributed by atoms with Crippen molar-refractivity contribution in [2.45, 2.75) is 38.4 Å². The molecule has 0 spiro atoms. The van der Waals surface area contributed by atoms with Gasteiger partial charge in [0.15, 0.2) is 11.6 Å². The van der Waals surface area contributed by atoms with Crippen molar-refractivity contribution in [3.63, 3.8) is 0 Å². The van der Waals surface area contributed by atoms with Crippen LogP contribution in [0.4, 0.5) is 10.1 Å². The van der Waals surface area contributed by atoms with Crippen LogP contribution in [0.2, 0.25) is 0 Å². The van der Waals surface area contributed by atoms with Gasteiger partial charge in [-0.15, -0.1) is 0 Å². The zero-order valence-corrected chi connectivity index (χ0v) is 20.7. The third-order valence-electron chi connectivity index (χ3n) is 7.60. The Morgan fingerprint density at radius 2 is 1.97 bits per heavy atom. The van der Waals surface area contributed by atoms with E-state index in [1.165, 1.54) is 24.9 Å². The lowest BCUT2D eigenvalue weighted by molar-refractivity contribution is 0.0694. The first kappa shape index (κ1) is 24.0. The highest BCUT2D eigenvalue weighted by Gasteiger charge is 2.32. The molecule has 6 rings (SSSR count). The fraction of sp³-hybridized carbons (Fsp3) is 0.462. The van der Waals surface area contributed by atoms with Crippen LogP contribution in [0.1, 0.15) is 46.3 Å². The maximum absolute atomic E-state index is 15.6. The topological polar surface area (TPSA) is 117 Å². The number of rotatable bonds is 6. The standard InChI is InChI=1S/C26H30FN5O5/c1-36-25-22-18(24(33)19(26(34)35)13-32(22)16-2-3-16)11-20(27)23(25)30-8-6-29(7-9-30)12-17-10-15-4-5-31(28)14-21(15)37-17/h10-11,13,16H,2-9,12,14,28H2,1H3,(H,34,35). The van der Waals surface area contributed by atoms with Crippen LogP contribution in [0.5, 0.6) is 5.75 Å². The number of pyridine rings is 1. The number of hydrazine groups is 1. The largest absolute Gasteiger partial charge is 0.492 e. The Kier molecular flexibility index (Phi) is 5.93. The summed E-state index contributed by atoms with van der Waals surface area (Å²) in [5.41, 5.74) is 0.913. The number of fused-ring (bicyclic) bond motifs is 2. The number of halogens is 1. The Morgan fingerprint density at radius 3 is 2.65 bits per heavy atom. The molecule has 0 radical (unpaired) electrons. The van der Waals surface area contributed by atoms with Gasteiger partial charge in [0.2, 0.25) is 5.43 Å². The molecule has 2 aliphatic heterocycles. The zero-order valence-electron chi connectivity index (χ0n) is 20.7. The summed E-state index contributed by atoms with van der Waals surface area (Å²) in [6.45, 7) is 4.63. The van der Waals surface area contributed by atoms with Gasteiger partial charge >= 0.3 is 5.97 Å². The molecule has 0 bridgehead atoms. The van der Waals surface area contributed by atoms with E-state index in [0.29, 0.717) is 50.5 Å². The third kappa shape index (κ3) is 4.26. The van der Waals surface area contributed by atoms with Gasteiger partial charge in [0, 0.05) is 45.0 Å². The van der Waals surface area contributed by atoms with E-state index < -0.39 is 17.2 Å². The number of nitrogens with zero attached hydrogens (tertiary/aromatic N) is 4. The van der Waals surface area contributed by atoms with E-state index in [4.69, 9.17) is 15.0 Å². The van der Waals surface area contributed by atoms with Gasteiger partial charge in [-0.2, -0.15) is 0 Å². The summed E-state index contributed by atoms with van der Waals surface area (Å²) in [4.78, 5) is 28.8. The van der Waals surface area contributed by atoms with Crippen molar-refractivity contribution in [3.05, 3.63) is 57.0 Å². The molecule has 2 fully saturated rings. The molecule has 1 saturated carbocycles. The Balaban J connectivity index is 1.28. The van der Waals surface area contributed by atoms with E-state index in [1.807, 2.05) is 4.90 Å². The Morgan fingerprint density at radius 1 is 1.22 bits per heavy atom. The van der Waals surface area contributed by atoms with Crippen LogP contribution in [0.3, 0.4) is 0 Å². The Hall–Kier alpha value is -3.41. The molecule has 3 aromatic rings. The minimum absolute atomic E-state index is 0.0290. The van der Waals surface area contributed by atoms with E-state index in [0.717, 1.165) is 37.3 Å². The molecule has 11 heteroatoms. The van der Waals surface area contributed by atoms with Gasteiger partial charge in [-0.25, -0.2) is 14.2 Å². The average molecular weight is 512 g/mol. The number of aromatic nitrogens is 1. The number of hydrogen-bond acceptors (Lipinski definition) is 8. The zero-order chi connectivity index (χ0) is 25.8. The number of hydrogen-bond donors (Lipinski definition) is 2. The fourth-order valence-corrected chi connectivity index (χ4v) is 5.55. The van der Waals surface area contributed by atoms with Crippen molar-refractivity contribution in [1.82, 2.24) is 14.5 Å². The molecule has 196 valence electrons. The SMILES string of the molecule is COc1c(N2CCN(Cc3cc4c(o3)CN(N)CC4)CC2)c(F)cc2c(=O)c(C(=O)O)cn(C3CC3)c12. The first-order valence-corrected chi connectivity index (χ1v) is 12.6. The number of nitrogens with two attached hydrogens (primary N) is 1. The summed E-state index contributed by atoms with van der Waals surface area (Å²) in [7, 11) is 1.46. The first-order chi connectivity index (χ1) is 17.8.